The Labute approximate surface area is 110 Å². The smallest absolute Gasteiger partial charge is 0.00934 e. The van der Waals surface area contributed by atoms with Crippen LogP contribution in [-0.2, 0) is 6.42 Å². The summed E-state index contributed by atoms with van der Waals surface area (Å²) >= 11 is 0. The van der Waals surface area contributed by atoms with Gasteiger partial charge in [-0.15, -0.1) is 0 Å². The van der Waals surface area contributed by atoms with Gasteiger partial charge in [-0.2, -0.15) is 0 Å². The Hall–Kier alpha value is -0.860. The molecule has 0 aromatic heterocycles. The van der Waals surface area contributed by atoms with Gasteiger partial charge in [-0.05, 0) is 56.4 Å². The van der Waals surface area contributed by atoms with Gasteiger partial charge in [0.2, 0.25) is 0 Å². The summed E-state index contributed by atoms with van der Waals surface area (Å²) in [6.45, 7) is 4.88. The second-order valence-corrected chi connectivity index (χ2v) is 6.06. The minimum atomic E-state index is 0.781. The van der Waals surface area contributed by atoms with Crippen LogP contribution < -0.4 is 5.32 Å². The molecule has 0 radical (unpaired) electrons. The Kier molecular flexibility index (Phi) is 3.67. The number of benzene rings is 1. The van der Waals surface area contributed by atoms with E-state index >= 15 is 0 Å². The van der Waals surface area contributed by atoms with Crippen molar-refractivity contribution in [1.82, 2.24) is 10.2 Å². The SMILES string of the molecule is CN1CC(c2cccc(CC3CCNCC3)c2)C1. The second-order valence-electron chi connectivity index (χ2n) is 6.06. The van der Waals surface area contributed by atoms with Crippen molar-refractivity contribution in [2.45, 2.75) is 25.2 Å². The molecule has 2 heterocycles. The van der Waals surface area contributed by atoms with Crippen molar-refractivity contribution < 1.29 is 0 Å². The normalized spacial score (nSPS) is 22.9. The van der Waals surface area contributed by atoms with Crippen molar-refractivity contribution in [3.8, 4) is 0 Å². The van der Waals surface area contributed by atoms with Gasteiger partial charge in [-0.25, -0.2) is 0 Å². The van der Waals surface area contributed by atoms with Crippen LogP contribution in [0.1, 0.15) is 29.9 Å². The van der Waals surface area contributed by atoms with E-state index in [4.69, 9.17) is 0 Å². The highest BCUT2D eigenvalue weighted by Gasteiger charge is 2.24. The average molecular weight is 244 g/mol. The van der Waals surface area contributed by atoms with E-state index in [9.17, 15) is 0 Å². The van der Waals surface area contributed by atoms with Crippen LogP contribution in [0.3, 0.4) is 0 Å². The molecule has 18 heavy (non-hydrogen) atoms. The lowest BCUT2D eigenvalue weighted by Crippen LogP contribution is -2.41. The Morgan fingerprint density at radius 2 is 2.00 bits per heavy atom. The lowest BCUT2D eigenvalue weighted by Gasteiger charge is -2.36. The van der Waals surface area contributed by atoms with Gasteiger partial charge in [0.1, 0.15) is 0 Å². The molecule has 2 heteroatoms. The van der Waals surface area contributed by atoms with E-state index in [1.165, 1.54) is 45.4 Å². The molecular formula is C16H24N2. The van der Waals surface area contributed by atoms with E-state index in [0.29, 0.717) is 0 Å². The van der Waals surface area contributed by atoms with Gasteiger partial charge >= 0.3 is 0 Å². The van der Waals surface area contributed by atoms with Crippen LogP contribution >= 0.6 is 0 Å². The van der Waals surface area contributed by atoms with Gasteiger partial charge < -0.3 is 10.2 Å². The summed E-state index contributed by atoms with van der Waals surface area (Å²) < 4.78 is 0. The van der Waals surface area contributed by atoms with Crippen LogP contribution in [0.4, 0.5) is 0 Å². The molecule has 1 aromatic carbocycles. The zero-order valence-corrected chi connectivity index (χ0v) is 11.4. The predicted octanol–water partition coefficient (Wildman–Crippen LogP) is 2.26. The van der Waals surface area contributed by atoms with E-state index in [1.807, 2.05) is 0 Å². The quantitative estimate of drug-likeness (QED) is 0.877. The Balaban J connectivity index is 1.63. The number of rotatable bonds is 3. The highest BCUT2D eigenvalue weighted by molar-refractivity contribution is 5.28. The molecule has 0 bridgehead atoms. The topological polar surface area (TPSA) is 15.3 Å². The third kappa shape index (κ3) is 2.76. The standard InChI is InChI=1S/C16H24N2/c1-18-11-16(12-18)15-4-2-3-14(10-15)9-13-5-7-17-8-6-13/h2-4,10,13,16-17H,5-9,11-12H2,1H3. The summed E-state index contributed by atoms with van der Waals surface area (Å²) in [6, 6.07) is 9.33. The highest BCUT2D eigenvalue weighted by Crippen LogP contribution is 2.27. The van der Waals surface area contributed by atoms with Crippen molar-refractivity contribution in [3.63, 3.8) is 0 Å². The minimum Gasteiger partial charge on any atom is -0.317 e. The minimum absolute atomic E-state index is 0.781. The molecular weight excluding hydrogens is 220 g/mol. The number of likely N-dealkylation sites (tertiary alicyclic amines) is 1. The molecule has 0 unspecified atom stereocenters. The Morgan fingerprint density at radius 1 is 1.22 bits per heavy atom. The summed E-state index contributed by atoms with van der Waals surface area (Å²) in [7, 11) is 2.20. The molecule has 1 N–H and O–H groups in total. The van der Waals surface area contributed by atoms with Crippen molar-refractivity contribution in [2.75, 3.05) is 33.2 Å². The molecule has 0 spiro atoms. The summed E-state index contributed by atoms with van der Waals surface area (Å²) in [6.07, 6.45) is 3.96. The van der Waals surface area contributed by atoms with Crippen LogP contribution in [-0.4, -0.2) is 38.1 Å². The summed E-state index contributed by atoms with van der Waals surface area (Å²) in [4.78, 5) is 2.39. The monoisotopic (exact) mass is 244 g/mol. The maximum absolute atomic E-state index is 3.45. The fourth-order valence-corrected chi connectivity index (χ4v) is 3.30. The number of hydrogen-bond donors (Lipinski definition) is 1. The zero-order valence-electron chi connectivity index (χ0n) is 11.4. The largest absolute Gasteiger partial charge is 0.317 e. The molecule has 1 aromatic rings. The van der Waals surface area contributed by atoms with Gasteiger partial charge in [0, 0.05) is 19.0 Å². The van der Waals surface area contributed by atoms with Crippen LogP contribution in [0.2, 0.25) is 0 Å². The zero-order chi connectivity index (χ0) is 12.4. The van der Waals surface area contributed by atoms with Gasteiger partial charge in [-0.3, -0.25) is 0 Å². The fraction of sp³-hybridized carbons (Fsp3) is 0.625. The molecule has 3 rings (SSSR count). The first-order chi connectivity index (χ1) is 8.81. The van der Waals surface area contributed by atoms with Gasteiger partial charge in [0.25, 0.3) is 0 Å². The molecule has 98 valence electrons. The maximum atomic E-state index is 3.45. The van der Waals surface area contributed by atoms with Crippen LogP contribution in [0.5, 0.6) is 0 Å². The number of nitrogens with zero attached hydrogens (tertiary/aromatic N) is 1. The third-order valence-electron chi connectivity index (χ3n) is 4.47. The first-order valence-corrected chi connectivity index (χ1v) is 7.29. The van der Waals surface area contributed by atoms with Crippen molar-refractivity contribution in [3.05, 3.63) is 35.4 Å². The van der Waals surface area contributed by atoms with Crippen molar-refractivity contribution in [1.29, 1.82) is 0 Å². The molecule has 0 amide bonds. The van der Waals surface area contributed by atoms with Crippen LogP contribution in [0.25, 0.3) is 0 Å². The molecule has 2 nitrogen and oxygen atoms in total. The van der Waals surface area contributed by atoms with E-state index in [2.05, 4.69) is 41.5 Å². The molecule has 2 aliphatic heterocycles. The van der Waals surface area contributed by atoms with Gasteiger partial charge in [0.15, 0.2) is 0 Å². The number of hydrogen-bond acceptors (Lipinski definition) is 2. The average Bonchev–Trinajstić information content (AvgIpc) is 2.37. The van der Waals surface area contributed by atoms with Gasteiger partial charge in [0.05, 0.1) is 0 Å². The summed E-state index contributed by atoms with van der Waals surface area (Å²) in [5, 5.41) is 3.45. The van der Waals surface area contributed by atoms with Crippen molar-refractivity contribution >= 4 is 0 Å². The fourth-order valence-electron chi connectivity index (χ4n) is 3.30. The van der Waals surface area contributed by atoms with E-state index in [0.717, 1.165) is 11.8 Å². The number of likely N-dealkylation sites (N-methyl/N-ethyl adjacent to an activating group) is 1. The second kappa shape index (κ2) is 5.41. The van der Waals surface area contributed by atoms with Crippen molar-refractivity contribution in [2.24, 2.45) is 5.92 Å². The Morgan fingerprint density at radius 3 is 2.72 bits per heavy atom. The predicted molar refractivity (Wildman–Crippen MR) is 76.0 cm³/mol. The Bertz CT molecular complexity index is 390. The first kappa shape index (κ1) is 12.2. The molecule has 2 fully saturated rings. The number of piperidine rings is 1. The highest BCUT2D eigenvalue weighted by atomic mass is 15.2. The van der Waals surface area contributed by atoms with E-state index < -0.39 is 0 Å². The maximum Gasteiger partial charge on any atom is 0.00934 e. The lowest BCUT2D eigenvalue weighted by atomic mass is 9.87. The van der Waals surface area contributed by atoms with Crippen LogP contribution in [0.15, 0.2) is 24.3 Å². The van der Waals surface area contributed by atoms with Crippen LogP contribution in [0, 0.1) is 5.92 Å². The molecule has 0 saturated carbocycles. The molecule has 2 saturated heterocycles. The van der Waals surface area contributed by atoms with E-state index in [1.54, 1.807) is 11.1 Å². The summed E-state index contributed by atoms with van der Waals surface area (Å²) in [5.41, 5.74) is 3.11. The lowest BCUT2D eigenvalue weighted by molar-refractivity contribution is 0.189. The van der Waals surface area contributed by atoms with E-state index in [-0.39, 0.29) is 0 Å². The summed E-state index contributed by atoms with van der Waals surface area (Å²) in [5.74, 6) is 1.67. The number of nitrogens with one attached hydrogen (secondary N) is 1. The molecule has 0 atom stereocenters. The molecule has 0 aliphatic carbocycles. The molecule has 2 aliphatic rings. The first-order valence-electron chi connectivity index (χ1n) is 7.29. The third-order valence-corrected chi connectivity index (χ3v) is 4.47. The van der Waals surface area contributed by atoms with Gasteiger partial charge in [-0.1, -0.05) is 24.3 Å².